The van der Waals surface area contributed by atoms with E-state index in [2.05, 4.69) is 9.12 Å². The SMILES string of the molecule is CC(C)(C)[C@H]1C(O)=C(C2=NS(=O)(=O)c3cc(NS(C)(=O)=O)ccc32)C(=O)N1Cc1ccc(F)c(Cl)c1. The van der Waals surface area contributed by atoms with Gasteiger partial charge in [-0.3, -0.25) is 9.52 Å². The Bertz CT molecular complexity index is 1580. The number of aliphatic hydroxyl groups is 1. The standard InChI is InChI=1S/C23H23ClFN3O6S2/c1-23(2,3)21-20(29)18(22(30)28(21)11-12-5-8-16(25)15(24)9-12)19-14-7-6-13(26-35(4,31)32)10-17(14)36(33,34)27-19/h5-10,21,26,29H,11H2,1-4H3/t21-/m1/s1. The van der Waals surface area contributed by atoms with Crippen molar-refractivity contribution in [2.75, 3.05) is 11.0 Å². The highest BCUT2D eigenvalue weighted by Crippen LogP contribution is 2.41. The van der Waals surface area contributed by atoms with Crippen molar-refractivity contribution in [1.82, 2.24) is 4.90 Å². The first-order chi connectivity index (χ1) is 16.5. The maximum Gasteiger partial charge on any atom is 0.283 e. The lowest BCUT2D eigenvalue weighted by Gasteiger charge is -2.35. The highest BCUT2D eigenvalue weighted by molar-refractivity contribution is 7.92. The summed E-state index contributed by atoms with van der Waals surface area (Å²) in [7, 11) is -7.95. The average molecular weight is 556 g/mol. The second kappa shape index (κ2) is 8.56. The maximum atomic E-state index is 13.6. The summed E-state index contributed by atoms with van der Waals surface area (Å²) in [4.78, 5) is 14.7. The molecule has 2 heterocycles. The van der Waals surface area contributed by atoms with Gasteiger partial charge in [0, 0.05) is 17.8 Å². The molecule has 2 aromatic carbocycles. The van der Waals surface area contributed by atoms with Crippen LogP contribution in [-0.2, 0) is 31.4 Å². The fourth-order valence-corrected chi connectivity index (χ4v) is 6.37. The first-order valence-electron chi connectivity index (χ1n) is 10.7. The smallest absolute Gasteiger partial charge is 0.283 e. The van der Waals surface area contributed by atoms with E-state index in [9.17, 15) is 31.1 Å². The molecule has 2 aliphatic heterocycles. The van der Waals surface area contributed by atoms with E-state index in [4.69, 9.17) is 11.6 Å². The van der Waals surface area contributed by atoms with Crippen LogP contribution in [0.5, 0.6) is 0 Å². The lowest BCUT2D eigenvalue weighted by molar-refractivity contribution is -0.129. The van der Waals surface area contributed by atoms with Gasteiger partial charge in [-0.25, -0.2) is 12.8 Å². The summed E-state index contributed by atoms with van der Waals surface area (Å²) in [6.45, 7) is 5.38. The van der Waals surface area contributed by atoms with Crippen molar-refractivity contribution in [3.05, 3.63) is 69.7 Å². The van der Waals surface area contributed by atoms with Crippen LogP contribution in [0.2, 0.25) is 5.02 Å². The predicted octanol–water partition coefficient (Wildman–Crippen LogP) is 3.61. The number of hydrogen-bond acceptors (Lipinski definition) is 6. The minimum absolute atomic E-state index is 0.00890. The summed E-state index contributed by atoms with van der Waals surface area (Å²) in [6, 6.07) is 6.95. The molecule has 13 heteroatoms. The van der Waals surface area contributed by atoms with Crippen molar-refractivity contribution in [3.63, 3.8) is 0 Å². The number of anilines is 1. The minimum Gasteiger partial charge on any atom is -0.509 e. The van der Waals surface area contributed by atoms with E-state index >= 15 is 0 Å². The molecule has 0 aromatic heterocycles. The number of hydrogen-bond donors (Lipinski definition) is 2. The molecule has 0 bridgehead atoms. The number of aliphatic hydroxyl groups excluding tert-OH is 1. The van der Waals surface area contributed by atoms with Gasteiger partial charge in [-0.2, -0.15) is 12.8 Å². The largest absolute Gasteiger partial charge is 0.509 e. The lowest BCUT2D eigenvalue weighted by Crippen LogP contribution is -2.43. The second-order valence-electron chi connectivity index (χ2n) is 9.71. The van der Waals surface area contributed by atoms with Gasteiger partial charge in [0.25, 0.3) is 15.9 Å². The van der Waals surface area contributed by atoms with Gasteiger partial charge in [0.05, 0.1) is 17.3 Å². The van der Waals surface area contributed by atoms with Crippen molar-refractivity contribution >= 4 is 49.0 Å². The van der Waals surface area contributed by atoms with E-state index in [-0.39, 0.29) is 44.8 Å². The number of amides is 1. The Labute approximate surface area is 213 Å². The van der Waals surface area contributed by atoms with Crippen molar-refractivity contribution < 1.29 is 31.1 Å². The Morgan fingerprint density at radius 3 is 2.44 bits per heavy atom. The van der Waals surface area contributed by atoms with Crippen molar-refractivity contribution in [3.8, 4) is 0 Å². The summed E-state index contributed by atoms with van der Waals surface area (Å²) in [6.07, 6.45) is 0.923. The normalized spacial score (nSPS) is 19.5. The van der Waals surface area contributed by atoms with E-state index in [1.54, 1.807) is 20.8 Å². The molecule has 0 spiro atoms. The van der Waals surface area contributed by atoms with Gasteiger partial charge < -0.3 is 10.0 Å². The van der Waals surface area contributed by atoms with Gasteiger partial charge >= 0.3 is 0 Å². The van der Waals surface area contributed by atoms with Gasteiger partial charge in [-0.05, 0) is 41.3 Å². The molecule has 1 atom stereocenters. The molecule has 192 valence electrons. The van der Waals surface area contributed by atoms with Gasteiger partial charge in [0.15, 0.2) is 0 Å². The van der Waals surface area contributed by atoms with E-state index < -0.39 is 43.2 Å². The average Bonchev–Trinajstić information content (AvgIpc) is 3.12. The molecule has 9 nitrogen and oxygen atoms in total. The van der Waals surface area contributed by atoms with Crippen LogP contribution in [0.3, 0.4) is 0 Å². The van der Waals surface area contributed by atoms with Crippen LogP contribution >= 0.6 is 11.6 Å². The number of carbonyl (C=O) groups is 1. The van der Waals surface area contributed by atoms with Crippen molar-refractivity contribution in [2.45, 2.75) is 38.3 Å². The quantitative estimate of drug-likeness (QED) is 0.579. The second-order valence-corrected chi connectivity index (χ2v) is 13.4. The highest BCUT2D eigenvalue weighted by Gasteiger charge is 2.49. The van der Waals surface area contributed by atoms with Crippen LogP contribution in [0.1, 0.15) is 31.9 Å². The molecule has 1 amide bonds. The third-order valence-electron chi connectivity index (χ3n) is 5.72. The summed E-state index contributed by atoms with van der Waals surface area (Å²) >= 11 is 5.90. The van der Waals surface area contributed by atoms with Crippen LogP contribution in [0, 0.1) is 11.2 Å². The minimum atomic E-state index is -4.28. The van der Waals surface area contributed by atoms with Crippen LogP contribution < -0.4 is 4.72 Å². The fraction of sp³-hybridized carbons (Fsp3) is 0.304. The number of sulfonamides is 2. The molecule has 2 aliphatic rings. The number of nitrogens with one attached hydrogen (secondary N) is 1. The number of rotatable bonds is 5. The van der Waals surface area contributed by atoms with Crippen molar-refractivity contribution in [2.24, 2.45) is 9.81 Å². The molecule has 2 N–H and O–H groups in total. The van der Waals surface area contributed by atoms with Crippen LogP contribution in [0.4, 0.5) is 10.1 Å². The predicted molar refractivity (Wildman–Crippen MR) is 133 cm³/mol. The Kier molecular flexibility index (Phi) is 6.21. The zero-order chi connectivity index (χ0) is 26.8. The van der Waals surface area contributed by atoms with E-state index in [0.717, 1.165) is 12.3 Å². The third-order valence-corrected chi connectivity index (χ3v) is 7.94. The Morgan fingerprint density at radius 2 is 1.86 bits per heavy atom. The Balaban J connectivity index is 1.80. The zero-order valence-electron chi connectivity index (χ0n) is 19.7. The number of fused-ring (bicyclic) bond motifs is 1. The van der Waals surface area contributed by atoms with E-state index in [1.807, 2.05) is 0 Å². The van der Waals surface area contributed by atoms with Gasteiger partial charge in [0.2, 0.25) is 10.0 Å². The van der Waals surface area contributed by atoms with Crippen LogP contribution in [0.15, 0.2) is 57.0 Å². The molecule has 0 fully saturated rings. The lowest BCUT2D eigenvalue weighted by atomic mass is 9.84. The van der Waals surface area contributed by atoms with Gasteiger partial charge in [0.1, 0.15) is 27.8 Å². The van der Waals surface area contributed by atoms with Crippen LogP contribution in [0.25, 0.3) is 0 Å². The number of carbonyl (C=O) groups excluding carboxylic acids is 1. The molecule has 0 aliphatic carbocycles. The number of halogens is 2. The first-order valence-corrected chi connectivity index (χ1v) is 14.4. The Morgan fingerprint density at radius 1 is 1.19 bits per heavy atom. The topological polar surface area (TPSA) is 133 Å². The van der Waals surface area contributed by atoms with Gasteiger partial charge in [-0.1, -0.05) is 38.4 Å². The molecule has 36 heavy (non-hydrogen) atoms. The number of nitrogens with zero attached hydrogens (tertiary/aromatic N) is 2. The van der Waals surface area contributed by atoms with Crippen LogP contribution in [-0.4, -0.2) is 50.8 Å². The van der Waals surface area contributed by atoms with Gasteiger partial charge in [-0.15, -0.1) is 0 Å². The molecule has 0 saturated carbocycles. The third kappa shape index (κ3) is 4.72. The monoisotopic (exact) mass is 555 g/mol. The molecule has 0 radical (unpaired) electrons. The Hall–Kier alpha value is -2.96. The van der Waals surface area contributed by atoms with Crippen molar-refractivity contribution in [1.29, 1.82) is 0 Å². The summed E-state index contributed by atoms with van der Waals surface area (Å²) < 4.78 is 68.4. The summed E-state index contributed by atoms with van der Waals surface area (Å²) in [5.41, 5.74) is -0.592. The van der Waals surface area contributed by atoms with E-state index in [1.165, 1.54) is 35.2 Å². The molecule has 4 rings (SSSR count). The highest BCUT2D eigenvalue weighted by atomic mass is 35.5. The first kappa shape index (κ1) is 26.1. The number of benzene rings is 2. The maximum absolute atomic E-state index is 13.6. The summed E-state index contributed by atoms with van der Waals surface area (Å²) in [5.74, 6) is -1.62. The molecular formula is C23H23ClFN3O6S2. The van der Waals surface area contributed by atoms with E-state index in [0.29, 0.717) is 5.56 Å². The fourth-order valence-electron chi connectivity index (χ4n) is 4.36. The molecule has 2 aromatic rings. The summed E-state index contributed by atoms with van der Waals surface area (Å²) in [5, 5.41) is 11.1. The zero-order valence-corrected chi connectivity index (χ0v) is 22.1. The molecule has 0 unspecified atom stereocenters. The molecule has 0 saturated heterocycles. The molecular weight excluding hydrogens is 533 g/mol.